The second-order valence-corrected chi connectivity index (χ2v) is 7.95. The van der Waals surface area contributed by atoms with Crippen LogP contribution in [0, 0.1) is 23.0 Å². The van der Waals surface area contributed by atoms with Crippen molar-refractivity contribution >= 4 is 34.2 Å². The summed E-state index contributed by atoms with van der Waals surface area (Å²) in [6, 6.07) is 14.2. The van der Waals surface area contributed by atoms with Crippen LogP contribution in [0.2, 0.25) is 0 Å². The van der Waals surface area contributed by atoms with E-state index >= 15 is 0 Å². The molecule has 1 saturated heterocycles. The van der Waals surface area contributed by atoms with Crippen molar-refractivity contribution in [3.63, 3.8) is 0 Å². The van der Waals surface area contributed by atoms with Gasteiger partial charge < -0.3 is 0 Å². The molecule has 1 aliphatic rings. The van der Waals surface area contributed by atoms with Crippen molar-refractivity contribution in [3.8, 4) is 0 Å². The third-order valence-corrected chi connectivity index (χ3v) is 5.43. The highest BCUT2D eigenvalue weighted by Crippen LogP contribution is 2.41. The molecule has 3 rings (SSSR count). The summed E-state index contributed by atoms with van der Waals surface area (Å²) >= 11 is 1.43. The molecule has 0 aromatic heterocycles. The zero-order valence-electron chi connectivity index (χ0n) is 15.5. The van der Waals surface area contributed by atoms with Crippen LogP contribution in [0.25, 0.3) is 0 Å². The molecule has 27 heavy (non-hydrogen) atoms. The topological polar surface area (TPSA) is 75.8 Å². The van der Waals surface area contributed by atoms with Crippen molar-refractivity contribution in [2.24, 2.45) is 10.9 Å². The van der Waals surface area contributed by atoms with Gasteiger partial charge >= 0.3 is 0 Å². The number of nitro groups is 1. The second kappa shape index (κ2) is 7.92. The van der Waals surface area contributed by atoms with Gasteiger partial charge in [-0.05, 0) is 30.0 Å². The molecule has 1 aliphatic heterocycles. The first-order chi connectivity index (χ1) is 12.9. The molecule has 2 aromatic carbocycles. The Labute approximate surface area is 162 Å². The molecule has 2 aromatic rings. The first kappa shape index (κ1) is 19.1. The summed E-state index contributed by atoms with van der Waals surface area (Å²) in [5.74, 6) is 0.324. The third-order valence-electron chi connectivity index (χ3n) is 4.20. The molecule has 6 nitrogen and oxygen atoms in total. The lowest BCUT2D eigenvalue weighted by molar-refractivity contribution is -0.384. The van der Waals surface area contributed by atoms with Crippen LogP contribution in [0.4, 0.5) is 11.4 Å². The maximum absolute atomic E-state index is 13.0. The number of carbonyl (C=O) groups excluding carboxylic acids is 1. The van der Waals surface area contributed by atoms with E-state index in [0.717, 1.165) is 5.56 Å². The molecule has 140 valence electrons. The molecule has 1 heterocycles. The number of thioether (sulfide) groups is 1. The lowest BCUT2D eigenvalue weighted by atomic mass is 10.1. The van der Waals surface area contributed by atoms with E-state index in [1.807, 2.05) is 30.3 Å². The van der Waals surface area contributed by atoms with Crippen LogP contribution in [-0.2, 0) is 4.79 Å². The van der Waals surface area contributed by atoms with Crippen LogP contribution in [0.15, 0.2) is 53.5 Å². The number of rotatable bonds is 5. The first-order valence-corrected chi connectivity index (χ1v) is 9.61. The van der Waals surface area contributed by atoms with Gasteiger partial charge in [0.05, 0.1) is 10.6 Å². The van der Waals surface area contributed by atoms with Gasteiger partial charge in [0.2, 0.25) is 5.91 Å². The molecule has 0 spiro atoms. The lowest BCUT2D eigenvalue weighted by Crippen LogP contribution is -2.33. The molecule has 1 unspecified atom stereocenters. The Balaban J connectivity index is 1.97. The van der Waals surface area contributed by atoms with Crippen molar-refractivity contribution < 1.29 is 9.72 Å². The Bertz CT molecular complexity index is 897. The highest BCUT2D eigenvalue weighted by molar-refractivity contribution is 8.15. The van der Waals surface area contributed by atoms with E-state index in [9.17, 15) is 14.9 Å². The van der Waals surface area contributed by atoms with E-state index in [1.54, 1.807) is 17.9 Å². The standard InChI is InChI=1S/C20H21N3O3S/c1-13(2)12-22-19(24)18(15-7-5-4-6-8-15)27-20(22)21-17-10-9-16(23(25)26)11-14(17)3/h4-11,13,18H,12H2,1-3H3. The summed E-state index contributed by atoms with van der Waals surface area (Å²) in [7, 11) is 0. The zero-order chi connectivity index (χ0) is 19.6. The Morgan fingerprint density at radius 3 is 2.52 bits per heavy atom. The molecule has 0 bridgehead atoms. The summed E-state index contributed by atoms with van der Waals surface area (Å²) in [6.07, 6.45) is 0. The summed E-state index contributed by atoms with van der Waals surface area (Å²) < 4.78 is 0. The van der Waals surface area contributed by atoms with E-state index < -0.39 is 4.92 Å². The van der Waals surface area contributed by atoms with Crippen LogP contribution in [0.3, 0.4) is 0 Å². The Morgan fingerprint density at radius 1 is 1.22 bits per heavy atom. The largest absolute Gasteiger partial charge is 0.290 e. The van der Waals surface area contributed by atoms with Gasteiger partial charge in [0, 0.05) is 18.7 Å². The number of carbonyl (C=O) groups is 1. The molecule has 0 saturated carbocycles. The van der Waals surface area contributed by atoms with Crippen LogP contribution < -0.4 is 0 Å². The molecule has 7 heteroatoms. The molecule has 1 fully saturated rings. The molecule has 1 amide bonds. The van der Waals surface area contributed by atoms with Crippen molar-refractivity contribution in [3.05, 3.63) is 69.8 Å². The summed E-state index contributed by atoms with van der Waals surface area (Å²) in [4.78, 5) is 29.9. The fourth-order valence-electron chi connectivity index (χ4n) is 2.90. The number of benzene rings is 2. The summed E-state index contributed by atoms with van der Waals surface area (Å²) in [6.45, 7) is 6.49. The average Bonchev–Trinajstić information content (AvgIpc) is 2.93. The molecular formula is C20H21N3O3S. The number of hydrogen-bond donors (Lipinski definition) is 0. The monoisotopic (exact) mass is 383 g/mol. The van der Waals surface area contributed by atoms with Gasteiger partial charge in [-0.25, -0.2) is 4.99 Å². The number of amides is 1. The van der Waals surface area contributed by atoms with E-state index in [-0.39, 0.29) is 16.8 Å². The SMILES string of the molecule is Cc1cc([N+](=O)[O-])ccc1N=C1SC(c2ccccc2)C(=O)N1CC(C)C. The number of aryl methyl sites for hydroxylation is 1. The van der Waals surface area contributed by atoms with E-state index in [1.165, 1.54) is 23.9 Å². The fraction of sp³-hybridized carbons (Fsp3) is 0.300. The summed E-state index contributed by atoms with van der Waals surface area (Å²) in [5.41, 5.74) is 2.33. The van der Waals surface area contributed by atoms with Gasteiger partial charge in [-0.2, -0.15) is 0 Å². The van der Waals surface area contributed by atoms with Gasteiger partial charge in [-0.1, -0.05) is 55.9 Å². The van der Waals surface area contributed by atoms with Crippen LogP contribution in [0.1, 0.15) is 30.2 Å². The normalized spacial score (nSPS) is 18.5. The number of nitrogens with zero attached hydrogens (tertiary/aromatic N) is 3. The van der Waals surface area contributed by atoms with Gasteiger partial charge in [-0.3, -0.25) is 19.8 Å². The fourth-order valence-corrected chi connectivity index (χ4v) is 4.07. The lowest BCUT2D eigenvalue weighted by Gasteiger charge is -2.19. The minimum atomic E-state index is -0.422. The number of amidine groups is 1. The van der Waals surface area contributed by atoms with Gasteiger partial charge in [0.1, 0.15) is 5.25 Å². The molecule has 0 N–H and O–H groups in total. The van der Waals surface area contributed by atoms with Crippen LogP contribution in [-0.4, -0.2) is 27.4 Å². The predicted molar refractivity (Wildman–Crippen MR) is 108 cm³/mol. The molecule has 0 aliphatic carbocycles. The van der Waals surface area contributed by atoms with Crippen LogP contribution >= 0.6 is 11.8 Å². The predicted octanol–water partition coefficient (Wildman–Crippen LogP) is 4.86. The van der Waals surface area contributed by atoms with Crippen molar-refractivity contribution in [1.29, 1.82) is 0 Å². The Kier molecular flexibility index (Phi) is 5.60. The number of nitro benzene ring substituents is 1. The minimum Gasteiger partial charge on any atom is -0.290 e. The van der Waals surface area contributed by atoms with Crippen molar-refractivity contribution in [2.45, 2.75) is 26.0 Å². The quantitative estimate of drug-likeness (QED) is 0.545. The van der Waals surface area contributed by atoms with E-state index in [4.69, 9.17) is 0 Å². The second-order valence-electron chi connectivity index (χ2n) is 6.87. The van der Waals surface area contributed by atoms with E-state index in [2.05, 4.69) is 18.8 Å². The molecule has 1 atom stereocenters. The van der Waals surface area contributed by atoms with Gasteiger partial charge in [-0.15, -0.1) is 0 Å². The summed E-state index contributed by atoms with van der Waals surface area (Å²) in [5, 5.41) is 11.3. The number of non-ortho nitro benzene ring substituents is 1. The van der Waals surface area contributed by atoms with Crippen molar-refractivity contribution in [1.82, 2.24) is 4.90 Å². The van der Waals surface area contributed by atoms with Crippen LogP contribution in [0.5, 0.6) is 0 Å². The van der Waals surface area contributed by atoms with Gasteiger partial charge in [0.25, 0.3) is 5.69 Å². The highest BCUT2D eigenvalue weighted by Gasteiger charge is 2.39. The number of aliphatic imine (C=N–C) groups is 1. The molecule has 0 radical (unpaired) electrons. The zero-order valence-corrected chi connectivity index (χ0v) is 16.3. The van der Waals surface area contributed by atoms with Gasteiger partial charge in [0.15, 0.2) is 5.17 Å². The highest BCUT2D eigenvalue weighted by atomic mass is 32.2. The smallest absolute Gasteiger partial charge is 0.269 e. The van der Waals surface area contributed by atoms with Crippen molar-refractivity contribution in [2.75, 3.05) is 6.54 Å². The Morgan fingerprint density at radius 2 is 1.93 bits per heavy atom. The maximum atomic E-state index is 13.0. The Hall–Kier alpha value is -2.67. The first-order valence-electron chi connectivity index (χ1n) is 8.73. The van der Waals surface area contributed by atoms with E-state index in [0.29, 0.717) is 28.9 Å². The minimum absolute atomic E-state index is 0.0261. The third kappa shape index (κ3) is 4.19. The average molecular weight is 383 g/mol. The number of hydrogen-bond acceptors (Lipinski definition) is 5. The maximum Gasteiger partial charge on any atom is 0.269 e. The molecular weight excluding hydrogens is 362 g/mol.